The number of benzene rings is 4. The molecule has 5 aromatic rings. The van der Waals surface area contributed by atoms with E-state index >= 15 is 0 Å². The first-order valence-electron chi connectivity index (χ1n) is 14.0. The standard InChI is InChI=1S/C33H35N3O4S/c1-5-40-27-19-17-26(18-20-27)36-32(34-30-15-9-8-14-29(30)33(36)37)24(4)35(22-21-23(2)3)41(38,39)31-16-10-12-25-11-6-7-13-28(25)31/h6-20,23-24H,5,21-22H2,1-4H3. The van der Waals surface area contributed by atoms with Gasteiger partial charge in [0.1, 0.15) is 11.6 Å². The molecule has 0 saturated carbocycles. The second kappa shape index (κ2) is 11.8. The van der Waals surface area contributed by atoms with Crippen LogP contribution in [0.2, 0.25) is 0 Å². The van der Waals surface area contributed by atoms with E-state index in [4.69, 9.17) is 9.72 Å². The number of hydrogen-bond acceptors (Lipinski definition) is 5. The maximum absolute atomic E-state index is 14.5. The third kappa shape index (κ3) is 5.62. The predicted octanol–water partition coefficient (Wildman–Crippen LogP) is 6.74. The highest BCUT2D eigenvalue weighted by atomic mass is 32.2. The molecule has 8 heteroatoms. The molecule has 7 nitrogen and oxygen atoms in total. The number of para-hydroxylation sites is 1. The van der Waals surface area contributed by atoms with Crippen LogP contribution >= 0.6 is 0 Å². The number of rotatable bonds is 10. The van der Waals surface area contributed by atoms with Crippen LogP contribution in [0, 0.1) is 5.92 Å². The summed E-state index contributed by atoms with van der Waals surface area (Å²) in [6, 6.07) is 26.4. The minimum atomic E-state index is -3.99. The summed E-state index contributed by atoms with van der Waals surface area (Å²) in [5.41, 5.74) is 0.853. The van der Waals surface area contributed by atoms with Gasteiger partial charge in [-0.3, -0.25) is 9.36 Å². The number of ether oxygens (including phenoxy) is 1. The molecule has 1 aromatic heterocycles. The van der Waals surface area contributed by atoms with Gasteiger partial charge in [-0.15, -0.1) is 0 Å². The van der Waals surface area contributed by atoms with Crippen molar-refractivity contribution in [3.63, 3.8) is 0 Å². The summed E-state index contributed by atoms with van der Waals surface area (Å²) >= 11 is 0. The minimum Gasteiger partial charge on any atom is -0.494 e. The van der Waals surface area contributed by atoms with E-state index in [1.165, 1.54) is 8.87 Å². The maximum atomic E-state index is 14.5. The largest absolute Gasteiger partial charge is 0.494 e. The van der Waals surface area contributed by atoms with Crippen LogP contribution in [0.4, 0.5) is 0 Å². The second-order valence-electron chi connectivity index (χ2n) is 10.5. The van der Waals surface area contributed by atoms with Gasteiger partial charge in [0.05, 0.1) is 34.1 Å². The molecule has 1 unspecified atom stereocenters. The first-order chi connectivity index (χ1) is 19.7. The molecule has 0 fully saturated rings. The first kappa shape index (κ1) is 28.5. The fourth-order valence-electron chi connectivity index (χ4n) is 5.12. The molecular formula is C33H35N3O4S. The number of nitrogens with zero attached hydrogens (tertiary/aromatic N) is 3. The number of sulfonamides is 1. The van der Waals surface area contributed by atoms with Gasteiger partial charge < -0.3 is 4.74 Å². The van der Waals surface area contributed by atoms with Crippen LogP contribution in [0.3, 0.4) is 0 Å². The molecule has 0 bridgehead atoms. The average Bonchev–Trinajstić information content (AvgIpc) is 2.97. The van der Waals surface area contributed by atoms with E-state index in [-0.39, 0.29) is 22.9 Å². The molecule has 1 atom stereocenters. The Morgan fingerprint density at radius 3 is 2.22 bits per heavy atom. The van der Waals surface area contributed by atoms with Crippen LogP contribution in [0.5, 0.6) is 5.75 Å². The van der Waals surface area contributed by atoms with E-state index in [2.05, 4.69) is 13.8 Å². The molecular weight excluding hydrogens is 534 g/mol. The van der Waals surface area contributed by atoms with E-state index in [0.29, 0.717) is 46.6 Å². The van der Waals surface area contributed by atoms with E-state index in [0.717, 1.165) is 5.39 Å². The van der Waals surface area contributed by atoms with Crippen molar-refractivity contribution in [2.75, 3.05) is 13.2 Å². The van der Waals surface area contributed by atoms with Gasteiger partial charge in [0.25, 0.3) is 5.56 Å². The van der Waals surface area contributed by atoms with Crippen molar-refractivity contribution in [3.05, 3.63) is 107 Å². The van der Waals surface area contributed by atoms with Gasteiger partial charge in [-0.05, 0) is 74.0 Å². The summed E-state index contributed by atoms with van der Waals surface area (Å²) in [6.07, 6.45) is 0.648. The van der Waals surface area contributed by atoms with Gasteiger partial charge in [0.2, 0.25) is 10.0 Å². The molecule has 0 radical (unpaired) electrons. The Balaban J connectivity index is 1.72. The molecule has 0 aliphatic heterocycles. The van der Waals surface area contributed by atoms with Crippen molar-refractivity contribution in [2.24, 2.45) is 5.92 Å². The Bertz CT molecular complexity index is 1840. The van der Waals surface area contributed by atoms with Crippen molar-refractivity contribution in [3.8, 4) is 11.4 Å². The SMILES string of the molecule is CCOc1ccc(-n2c(C(C)N(CCC(C)C)S(=O)(=O)c3cccc4ccccc34)nc3ccccc3c2=O)cc1. The van der Waals surface area contributed by atoms with Gasteiger partial charge in [0.15, 0.2) is 0 Å². The molecule has 0 amide bonds. The molecule has 1 heterocycles. The summed E-state index contributed by atoms with van der Waals surface area (Å²) in [5, 5.41) is 1.97. The fourth-order valence-corrected chi connectivity index (χ4v) is 6.94. The van der Waals surface area contributed by atoms with Crippen molar-refractivity contribution in [1.29, 1.82) is 0 Å². The van der Waals surface area contributed by atoms with E-state index in [9.17, 15) is 13.2 Å². The van der Waals surface area contributed by atoms with Crippen LogP contribution in [-0.2, 0) is 10.0 Å². The van der Waals surface area contributed by atoms with Crippen LogP contribution in [-0.4, -0.2) is 35.4 Å². The fraction of sp³-hybridized carbons (Fsp3) is 0.273. The van der Waals surface area contributed by atoms with Gasteiger partial charge in [-0.2, -0.15) is 4.31 Å². The predicted molar refractivity (Wildman–Crippen MR) is 164 cm³/mol. The topological polar surface area (TPSA) is 81.5 Å². The van der Waals surface area contributed by atoms with Gasteiger partial charge in [0, 0.05) is 11.9 Å². The Hall–Kier alpha value is -4.01. The lowest BCUT2D eigenvalue weighted by Crippen LogP contribution is -2.38. The lowest BCUT2D eigenvalue weighted by molar-refractivity contribution is 0.309. The second-order valence-corrected chi connectivity index (χ2v) is 12.4. The van der Waals surface area contributed by atoms with Crippen LogP contribution < -0.4 is 10.3 Å². The van der Waals surface area contributed by atoms with E-state index < -0.39 is 16.1 Å². The highest BCUT2D eigenvalue weighted by Crippen LogP contribution is 2.32. The van der Waals surface area contributed by atoms with Crippen molar-refractivity contribution in [2.45, 2.75) is 45.1 Å². The Kier molecular flexibility index (Phi) is 8.24. The molecule has 5 rings (SSSR count). The molecule has 4 aromatic carbocycles. The Morgan fingerprint density at radius 2 is 1.51 bits per heavy atom. The van der Waals surface area contributed by atoms with Crippen LogP contribution in [0.25, 0.3) is 27.4 Å². The maximum Gasteiger partial charge on any atom is 0.266 e. The summed E-state index contributed by atoms with van der Waals surface area (Å²) in [7, 11) is -3.99. The lowest BCUT2D eigenvalue weighted by atomic mass is 10.1. The van der Waals surface area contributed by atoms with Crippen LogP contribution in [0.15, 0.2) is 101 Å². The highest BCUT2D eigenvalue weighted by Gasteiger charge is 2.34. The van der Waals surface area contributed by atoms with E-state index in [1.807, 2.05) is 50.2 Å². The summed E-state index contributed by atoms with van der Waals surface area (Å²) in [5.74, 6) is 1.31. The summed E-state index contributed by atoms with van der Waals surface area (Å²) in [6.45, 7) is 8.65. The number of aromatic nitrogens is 2. The van der Waals surface area contributed by atoms with E-state index in [1.54, 1.807) is 54.6 Å². The zero-order valence-electron chi connectivity index (χ0n) is 23.8. The molecule has 0 spiro atoms. The molecule has 0 saturated heterocycles. The zero-order chi connectivity index (χ0) is 29.1. The first-order valence-corrected chi connectivity index (χ1v) is 15.4. The minimum absolute atomic E-state index is 0.238. The monoisotopic (exact) mass is 569 g/mol. The molecule has 0 N–H and O–H groups in total. The number of hydrogen-bond donors (Lipinski definition) is 0. The summed E-state index contributed by atoms with van der Waals surface area (Å²) in [4.78, 5) is 19.1. The zero-order valence-corrected chi connectivity index (χ0v) is 24.6. The molecule has 0 aliphatic rings. The normalized spacial score (nSPS) is 12.8. The third-order valence-electron chi connectivity index (χ3n) is 7.28. The molecule has 212 valence electrons. The van der Waals surface area contributed by atoms with Crippen molar-refractivity contribution >= 4 is 31.7 Å². The third-order valence-corrected chi connectivity index (χ3v) is 9.30. The average molecular weight is 570 g/mol. The van der Waals surface area contributed by atoms with Crippen molar-refractivity contribution in [1.82, 2.24) is 13.9 Å². The molecule has 41 heavy (non-hydrogen) atoms. The molecule has 0 aliphatic carbocycles. The number of fused-ring (bicyclic) bond motifs is 2. The lowest BCUT2D eigenvalue weighted by Gasteiger charge is -2.30. The van der Waals surface area contributed by atoms with Gasteiger partial charge in [-0.1, -0.05) is 62.4 Å². The van der Waals surface area contributed by atoms with Gasteiger partial charge >= 0.3 is 0 Å². The summed E-state index contributed by atoms with van der Waals surface area (Å²) < 4.78 is 37.6. The van der Waals surface area contributed by atoms with Gasteiger partial charge in [-0.25, -0.2) is 13.4 Å². The smallest absolute Gasteiger partial charge is 0.266 e. The van der Waals surface area contributed by atoms with Crippen LogP contribution in [0.1, 0.15) is 46.0 Å². The Morgan fingerprint density at radius 1 is 0.854 bits per heavy atom. The highest BCUT2D eigenvalue weighted by molar-refractivity contribution is 7.89. The quantitative estimate of drug-likeness (QED) is 0.186. The Labute approximate surface area is 241 Å². The van der Waals surface area contributed by atoms with Crippen molar-refractivity contribution < 1.29 is 13.2 Å².